The molecule has 2 aromatic heterocycles. The third kappa shape index (κ3) is 6.73. The first-order valence-corrected chi connectivity index (χ1v) is 13.7. The summed E-state index contributed by atoms with van der Waals surface area (Å²) in [5.41, 5.74) is -0.945. The second-order valence-corrected chi connectivity index (χ2v) is 11.3. The van der Waals surface area contributed by atoms with Gasteiger partial charge in [0, 0.05) is 38.1 Å². The van der Waals surface area contributed by atoms with E-state index in [4.69, 9.17) is 19.3 Å². The van der Waals surface area contributed by atoms with Gasteiger partial charge < -0.3 is 29.9 Å². The highest BCUT2D eigenvalue weighted by atomic mass is 31.2. The SMILES string of the molecule is C=C[C@@]1(OC(=O)NC2(C)CC2)C[C@H](c2cc(NC(=O)c3cc(COC)nn3C)n(COP(=O)(O)O)n2)C[C@@H]1F. The molecule has 2 aromatic rings. The monoisotopic (exact) mass is 570 g/mol. The van der Waals surface area contributed by atoms with E-state index in [1.807, 2.05) is 6.92 Å². The Morgan fingerprint density at radius 1 is 1.33 bits per heavy atom. The number of halogens is 1. The molecule has 4 rings (SSSR count). The fourth-order valence-electron chi connectivity index (χ4n) is 4.49. The van der Waals surface area contributed by atoms with Gasteiger partial charge in [-0.05, 0) is 38.3 Å². The second-order valence-electron chi connectivity index (χ2n) is 10.1. The molecule has 2 amide bonds. The molecular weight excluding hydrogens is 538 g/mol. The Hall–Kier alpha value is -3.10. The van der Waals surface area contributed by atoms with Gasteiger partial charge in [-0.15, -0.1) is 0 Å². The van der Waals surface area contributed by atoms with Crippen molar-refractivity contribution in [2.24, 2.45) is 7.05 Å². The molecule has 2 aliphatic rings. The van der Waals surface area contributed by atoms with Gasteiger partial charge in [0.1, 0.15) is 17.7 Å². The Kier molecular flexibility index (Phi) is 8.01. The minimum absolute atomic E-state index is 0.0215. The number of nitrogens with zero attached hydrogens (tertiary/aromatic N) is 4. The van der Waals surface area contributed by atoms with Crippen molar-refractivity contribution in [3.8, 4) is 0 Å². The van der Waals surface area contributed by atoms with Crippen molar-refractivity contribution in [1.29, 1.82) is 0 Å². The maximum Gasteiger partial charge on any atom is 0.471 e. The third-order valence-electron chi connectivity index (χ3n) is 6.88. The summed E-state index contributed by atoms with van der Waals surface area (Å²) in [6.07, 6.45) is 0.510. The lowest BCUT2D eigenvalue weighted by molar-refractivity contribution is 0.00378. The number of alkyl carbamates (subject to hydrolysis) is 1. The minimum atomic E-state index is -4.87. The predicted molar refractivity (Wildman–Crippen MR) is 134 cm³/mol. The topological polar surface area (TPSA) is 179 Å². The molecule has 0 aliphatic heterocycles. The molecular formula is C23H32FN6O8P. The number of hydrogen-bond acceptors (Lipinski definition) is 8. The maximum absolute atomic E-state index is 15.3. The smallest absolute Gasteiger partial charge is 0.436 e. The van der Waals surface area contributed by atoms with Crippen molar-refractivity contribution in [3.63, 3.8) is 0 Å². The summed E-state index contributed by atoms with van der Waals surface area (Å²) < 4.78 is 44.2. The summed E-state index contributed by atoms with van der Waals surface area (Å²) in [5.74, 6) is -1.11. The van der Waals surface area contributed by atoms with Crippen LogP contribution in [0.15, 0.2) is 24.8 Å². The molecule has 3 atom stereocenters. The highest BCUT2D eigenvalue weighted by Gasteiger charge is 2.51. The van der Waals surface area contributed by atoms with E-state index in [2.05, 4.69) is 31.9 Å². The molecule has 214 valence electrons. The van der Waals surface area contributed by atoms with Crippen LogP contribution in [0.1, 0.15) is 60.4 Å². The molecule has 2 heterocycles. The van der Waals surface area contributed by atoms with Crippen molar-refractivity contribution in [2.45, 2.75) is 69.2 Å². The zero-order valence-electron chi connectivity index (χ0n) is 21.8. The van der Waals surface area contributed by atoms with E-state index in [9.17, 15) is 14.2 Å². The van der Waals surface area contributed by atoms with Crippen LogP contribution < -0.4 is 10.6 Å². The number of anilines is 1. The van der Waals surface area contributed by atoms with Gasteiger partial charge in [0.05, 0.1) is 18.0 Å². The minimum Gasteiger partial charge on any atom is -0.436 e. The van der Waals surface area contributed by atoms with Gasteiger partial charge in [-0.2, -0.15) is 10.2 Å². The van der Waals surface area contributed by atoms with Crippen LogP contribution in [0.4, 0.5) is 15.0 Å². The number of phosphoric acid groups is 1. The number of alkyl halides is 1. The van der Waals surface area contributed by atoms with Crippen LogP contribution in [0, 0.1) is 0 Å². The van der Waals surface area contributed by atoms with Crippen molar-refractivity contribution in [3.05, 3.63) is 41.9 Å². The summed E-state index contributed by atoms with van der Waals surface area (Å²) >= 11 is 0. The van der Waals surface area contributed by atoms with Crippen molar-refractivity contribution in [1.82, 2.24) is 24.9 Å². The van der Waals surface area contributed by atoms with Gasteiger partial charge in [-0.25, -0.2) is 18.4 Å². The van der Waals surface area contributed by atoms with E-state index in [0.717, 1.165) is 17.5 Å². The molecule has 16 heteroatoms. The number of amides is 2. The van der Waals surface area contributed by atoms with Crippen molar-refractivity contribution < 1.29 is 42.3 Å². The lowest BCUT2D eigenvalue weighted by atomic mass is 9.97. The Bertz CT molecular complexity index is 1300. The molecule has 14 nitrogen and oxygen atoms in total. The van der Waals surface area contributed by atoms with Crippen LogP contribution in [0.25, 0.3) is 0 Å². The van der Waals surface area contributed by atoms with Crippen LogP contribution in [-0.4, -0.2) is 65.8 Å². The number of hydrogen-bond donors (Lipinski definition) is 4. The van der Waals surface area contributed by atoms with Crippen LogP contribution in [0.5, 0.6) is 0 Å². The van der Waals surface area contributed by atoms with E-state index >= 15 is 4.39 Å². The summed E-state index contributed by atoms with van der Waals surface area (Å²) in [6, 6.07) is 2.98. The number of rotatable bonds is 11. The first-order valence-electron chi connectivity index (χ1n) is 12.2. The van der Waals surface area contributed by atoms with Gasteiger partial charge in [0.15, 0.2) is 12.3 Å². The molecule has 0 saturated heterocycles. The molecule has 2 saturated carbocycles. The van der Waals surface area contributed by atoms with E-state index in [1.165, 1.54) is 30.0 Å². The highest BCUT2D eigenvalue weighted by molar-refractivity contribution is 7.46. The number of methoxy groups -OCH3 is 1. The Balaban J connectivity index is 1.56. The van der Waals surface area contributed by atoms with Gasteiger partial charge in [0.2, 0.25) is 0 Å². The van der Waals surface area contributed by atoms with Crippen molar-refractivity contribution in [2.75, 3.05) is 12.4 Å². The lowest BCUT2D eigenvalue weighted by Gasteiger charge is -2.28. The van der Waals surface area contributed by atoms with Gasteiger partial charge in [-0.1, -0.05) is 6.58 Å². The first kappa shape index (κ1) is 28.9. The van der Waals surface area contributed by atoms with E-state index in [0.29, 0.717) is 11.4 Å². The van der Waals surface area contributed by atoms with Crippen LogP contribution in [0.2, 0.25) is 0 Å². The standard InChI is InChI=1S/C23H32FN6O8P/c1-5-23(38-21(32)26-22(2)6-7-22)11-14(8-18(23)24)16-10-19(30(28-16)13-37-39(33,34)35)25-20(31)17-9-15(12-36-4)27-29(17)3/h5,9-10,14,18H,1,6-8,11-13H2,2-4H3,(H,25,31)(H,26,32)(H2,33,34,35)/t14-,18+,23-/m1/s1. The molecule has 0 bridgehead atoms. The Morgan fingerprint density at radius 2 is 2.05 bits per heavy atom. The molecule has 0 radical (unpaired) electrons. The lowest BCUT2D eigenvalue weighted by Crippen LogP contribution is -2.44. The average molecular weight is 571 g/mol. The van der Waals surface area contributed by atoms with Gasteiger partial charge in [-0.3, -0.25) is 14.0 Å². The number of nitrogens with one attached hydrogen (secondary N) is 2. The fraction of sp³-hybridized carbons (Fsp3) is 0.565. The fourth-order valence-corrected chi connectivity index (χ4v) is 4.75. The molecule has 4 N–H and O–H groups in total. The van der Waals surface area contributed by atoms with Gasteiger partial charge >= 0.3 is 13.9 Å². The molecule has 2 aliphatic carbocycles. The predicted octanol–water partition coefficient (Wildman–Crippen LogP) is 2.50. The molecule has 0 aromatic carbocycles. The van der Waals surface area contributed by atoms with Crippen LogP contribution >= 0.6 is 7.82 Å². The Labute approximate surface area is 223 Å². The summed E-state index contributed by atoms with van der Waals surface area (Å²) in [4.78, 5) is 43.8. The molecule has 0 unspecified atom stereocenters. The quantitative estimate of drug-likeness (QED) is 0.232. The summed E-state index contributed by atoms with van der Waals surface area (Å²) in [6.45, 7) is 5.04. The number of aromatic nitrogens is 4. The summed E-state index contributed by atoms with van der Waals surface area (Å²) in [5, 5.41) is 13.9. The average Bonchev–Trinajstić information content (AvgIpc) is 3.15. The normalized spacial score (nSPS) is 23.8. The van der Waals surface area contributed by atoms with E-state index in [-0.39, 0.29) is 36.5 Å². The van der Waals surface area contributed by atoms with Crippen LogP contribution in [-0.2, 0) is 38.9 Å². The number of carbonyl (C=O) groups excluding carboxylic acids is 2. The molecule has 0 spiro atoms. The van der Waals surface area contributed by atoms with E-state index in [1.54, 1.807) is 7.05 Å². The number of phosphoric ester groups is 1. The van der Waals surface area contributed by atoms with E-state index < -0.39 is 44.2 Å². The zero-order valence-corrected chi connectivity index (χ0v) is 22.7. The number of carbonyl (C=O) groups is 2. The molecule has 2 fully saturated rings. The largest absolute Gasteiger partial charge is 0.471 e. The third-order valence-corrected chi connectivity index (χ3v) is 7.33. The zero-order chi connectivity index (χ0) is 28.6. The Morgan fingerprint density at radius 3 is 2.67 bits per heavy atom. The number of aryl methyl sites for hydroxylation is 1. The van der Waals surface area contributed by atoms with Crippen molar-refractivity contribution >= 4 is 25.6 Å². The first-order chi connectivity index (χ1) is 18.3. The van der Waals surface area contributed by atoms with Crippen LogP contribution in [0.3, 0.4) is 0 Å². The van der Waals surface area contributed by atoms with Gasteiger partial charge in [0.25, 0.3) is 5.91 Å². The molecule has 39 heavy (non-hydrogen) atoms. The number of ether oxygens (including phenoxy) is 2. The maximum atomic E-state index is 15.3. The summed E-state index contributed by atoms with van der Waals surface area (Å²) in [7, 11) is -1.81. The second kappa shape index (κ2) is 10.8. The highest BCUT2D eigenvalue weighted by Crippen LogP contribution is 2.46.